The molecule has 0 aliphatic carbocycles. The third kappa shape index (κ3) is 2.60. The maximum atomic E-state index is 13.9. The highest BCUT2D eigenvalue weighted by atomic mass is 32.2. The molecule has 0 aliphatic heterocycles. The van der Waals surface area contributed by atoms with Crippen LogP contribution in [0.1, 0.15) is 19.4 Å². The maximum Gasteiger partial charge on any atom is 0.201 e. The molecule has 104 valence electrons. The molecule has 1 aromatic heterocycles. The molecule has 2 N–H and O–H groups in total. The molecule has 0 aliphatic rings. The number of rotatable bonds is 4. The van der Waals surface area contributed by atoms with Crippen LogP contribution in [-0.4, -0.2) is 25.8 Å². The molecule has 4 nitrogen and oxygen atoms in total. The first kappa shape index (κ1) is 13.9. The van der Waals surface area contributed by atoms with Crippen LogP contribution in [0, 0.1) is 11.6 Å². The lowest BCUT2D eigenvalue weighted by Gasteiger charge is -2.15. The van der Waals surface area contributed by atoms with Crippen molar-refractivity contribution in [2.45, 2.75) is 19.4 Å². The molecular weight excluding hydrogens is 272 g/mol. The molecule has 0 bridgehead atoms. The van der Waals surface area contributed by atoms with Gasteiger partial charge in [0.2, 0.25) is 5.95 Å². The van der Waals surface area contributed by atoms with Crippen molar-refractivity contribution < 1.29 is 13.0 Å². The van der Waals surface area contributed by atoms with Crippen molar-refractivity contribution in [1.29, 1.82) is 0 Å². The fourth-order valence-electron chi connectivity index (χ4n) is 2.05. The van der Waals surface area contributed by atoms with Crippen LogP contribution in [0.15, 0.2) is 12.1 Å². The second-order valence-corrected chi connectivity index (χ2v) is 6.04. The van der Waals surface area contributed by atoms with E-state index in [1.807, 2.05) is 6.92 Å². The van der Waals surface area contributed by atoms with Gasteiger partial charge in [-0.15, -0.1) is 0 Å². The monoisotopic (exact) mass is 287 g/mol. The van der Waals surface area contributed by atoms with Crippen LogP contribution in [-0.2, 0) is 10.8 Å². The van der Waals surface area contributed by atoms with Crippen LogP contribution < -0.4 is 5.73 Å². The summed E-state index contributed by atoms with van der Waals surface area (Å²) >= 11 is 0. The molecule has 0 radical (unpaired) electrons. The van der Waals surface area contributed by atoms with Crippen LogP contribution in [0.4, 0.5) is 14.7 Å². The summed E-state index contributed by atoms with van der Waals surface area (Å²) in [6.07, 6.45) is 2.15. The summed E-state index contributed by atoms with van der Waals surface area (Å²) in [5.41, 5.74) is 6.15. The van der Waals surface area contributed by atoms with Crippen molar-refractivity contribution in [1.82, 2.24) is 9.55 Å². The lowest BCUT2D eigenvalue weighted by Crippen LogP contribution is -2.12. The predicted molar refractivity (Wildman–Crippen MR) is 72.3 cm³/mol. The fourth-order valence-corrected chi connectivity index (χ4v) is 2.73. The Hall–Kier alpha value is -1.50. The van der Waals surface area contributed by atoms with E-state index in [-0.39, 0.29) is 17.5 Å². The van der Waals surface area contributed by atoms with Gasteiger partial charge in [-0.2, -0.15) is 0 Å². The van der Waals surface area contributed by atoms with E-state index in [0.29, 0.717) is 17.7 Å². The Morgan fingerprint density at radius 1 is 1.47 bits per heavy atom. The van der Waals surface area contributed by atoms with E-state index in [4.69, 9.17) is 5.73 Å². The number of aromatic nitrogens is 2. The van der Waals surface area contributed by atoms with Crippen molar-refractivity contribution in [3.05, 3.63) is 23.8 Å². The average molecular weight is 287 g/mol. The Kier molecular flexibility index (Phi) is 3.84. The minimum Gasteiger partial charge on any atom is -0.369 e. The van der Waals surface area contributed by atoms with E-state index in [2.05, 4.69) is 4.98 Å². The van der Waals surface area contributed by atoms with Crippen molar-refractivity contribution >= 4 is 27.8 Å². The molecule has 19 heavy (non-hydrogen) atoms. The number of anilines is 1. The SMILES string of the molecule is CC(CCS(C)=O)n1c(N)nc2ccc(F)c(F)c21. The highest BCUT2D eigenvalue weighted by Crippen LogP contribution is 2.27. The molecule has 0 saturated heterocycles. The molecule has 2 unspecified atom stereocenters. The van der Waals surface area contributed by atoms with E-state index >= 15 is 0 Å². The lowest BCUT2D eigenvalue weighted by atomic mass is 10.2. The summed E-state index contributed by atoms with van der Waals surface area (Å²) < 4.78 is 39.8. The fraction of sp³-hybridized carbons (Fsp3) is 0.417. The smallest absolute Gasteiger partial charge is 0.201 e. The van der Waals surface area contributed by atoms with Crippen LogP contribution in [0.5, 0.6) is 0 Å². The van der Waals surface area contributed by atoms with E-state index in [9.17, 15) is 13.0 Å². The summed E-state index contributed by atoms with van der Waals surface area (Å²) in [5.74, 6) is -1.28. The Morgan fingerprint density at radius 2 is 2.16 bits per heavy atom. The van der Waals surface area contributed by atoms with Gasteiger partial charge in [-0.25, -0.2) is 13.8 Å². The van der Waals surface area contributed by atoms with Crippen molar-refractivity contribution in [3.8, 4) is 0 Å². The number of hydrogen-bond donors (Lipinski definition) is 1. The van der Waals surface area contributed by atoms with Crippen LogP contribution in [0.2, 0.25) is 0 Å². The average Bonchev–Trinajstić information content (AvgIpc) is 2.68. The highest BCUT2D eigenvalue weighted by molar-refractivity contribution is 7.84. The largest absolute Gasteiger partial charge is 0.369 e. The van der Waals surface area contributed by atoms with Gasteiger partial charge in [0.25, 0.3) is 0 Å². The van der Waals surface area contributed by atoms with Gasteiger partial charge in [-0.1, -0.05) is 0 Å². The summed E-state index contributed by atoms with van der Waals surface area (Å²) in [6.45, 7) is 1.81. The number of fused-ring (bicyclic) bond motifs is 1. The van der Waals surface area contributed by atoms with E-state index < -0.39 is 22.4 Å². The topological polar surface area (TPSA) is 60.9 Å². The number of imidazole rings is 1. The van der Waals surface area contributed by atoms with Crippen molar-refractivity contribution in [3.63, 3.8) is 0 Å². The van der Waals surface area contributed by atoms with E-state index in [1.54, 1.807) is 6.26 Å². The van der Waals surface area contributed by atoms with Crippen LogP contribution >= 0.6 is 0 Å². The van der Waals surface area contributed by atoms with Gasteiger partial charge >= 0.3 is 0 Å². The summed E-state index contributed by atoms with van der Waals surface area (Å²) in [4.78, 5) is 4.02. The molecule has 0 fully saturated rings. The molecule has 2 atom stereocenters. The summed E-state index contributed by atoms with van der Waals surface area (Å²) in [7, 11) is -0.940. The number of nitrogen functional groups attached to an aromatic ring is 1. The number of hydrogen-bond acceptors (Lipinski definition) is 3. The lowest BCUT2D eigenvalue weighted by molar-refractivity contribution is 0.499. The molecule has 0 amide bonds. The van der Waals surface area contributed by atoms with Crippen molar-refractivity contribution in [2.75, 3.05) is 17.7 Å². The van der Waals surface area contributed by atoms with E-state index in [1.165, 1.54) is 10.6 Å². The molecule has 2 aromatic rings. The van der Waals surface area contributed by atoms with Gasteiger partial charge in [-0.05, 0) is 25.5 Å². The number of halogens is 2. The number of nitrogens with zero attached hydrogens (tertiary/aromatic N) is 2. The molecule has 2 rings (SSSR count). The Bertz CT molecular complexity index is 641. The second kappa shape index (κ2) is 5.24. The van der Waals surface area contributed by atoms with E-state index in [0.717, 1.165) is 6.07 Å². The molecule has 0 saturated carbocycles. The van der Waals surface area contributed by atoms with Gasteiger partial charge in [0.15, 0.2) is 11.6 Å². The summed E-state index contributed by atoms with van der Waals surface area (Å²) in [5, 5.41) is 0. The number of nitrogens with two attached hydrogens (primary N) is 1. The first-order chi connectivity index (χ1) is 8.91. The minimum atomic E-state index is -0.953. The van der Waals surface area contributed by atoms with Crippen LogP contribution in [0.25, 0.3) is 11.0 Å². The zero-order valence-electron chi connectivity index (χ0n) is 10.7. The van der Waals surface area contributed by atoms with Crippen molar-refractivity contribution in [2.24, 2.45) is 0 Å². The highest BCUT2D eigenvalue weighted by Gasteiger charge is 2.19. The predicted octanol–water partition coefficient (Wildman–Crippen LogP) is 2.23. The Morgan fingerprint density at radius 3 is 2.79 bits per heavy atom. The van der Waals surface area contributed by atoms with Gasteiger partial charge in [0, 0.05) is 28.9 Å². The van der Waals surface area contributed by atoms with Gasteiger partial charge in [0.1, 0.15) is 5.52 Å². The normalized spacial score (nSPS) is 14.7. The number of benzene rings is 1. The first-order valence-corrected chi connectivity index (χ1v) is 7.56. The quantitative estimate of drug-likeness (QED) is 0.938. The maximum absolute atomic E-state index is 13.9. The van der Waals surface area contributed by atoms with Gasteiger partial charge in [-0.3, -0.25) is 4.21 Å². The summed E-state index contributed by atoms with van der Waals surface area (Å²) in [6, 6.07) is 2.22. The standard InChI is InChI=1S/C12H15F2N3OS/c1-7(5-6-19(2)18)17-11-9(16-12(17)15)4-3-8(13)10(11)14/h3-4,7H,5-6H2,1-2H3,(H2,15,16). The minimum absolute atomic E-state index is 0.0619. The molecule has 7 heteroatoms. The zero-order chi connectivity index (χ0) is 14.2. The van der Waals surface area contributed by atoms with Gasteiger partial charge < -0.3 is 10.3 Å². The second-order valence-electron chi connectivity index (χ2n) is 4.48. The molecule has 1 heterocycles. The molecular formula is C12H15F2N3OS. The molecule has 1 aromatic carbocycles. The molecule has 0 spiro atoms. The van der Waals surface area contributed by atoms with Crippen LogP contribution in [0.3, 0.4) is 0 Å². The third-order valence-electron chi connectivity index (χ3n) is 3.03. The Labute approximate surface area is 112 Å². The van der Waals surface area contributed by atoms with Gasteiger partial charge in [0.05, 0.1) is 5.52 Å². The zero-order valence-corrected chi connectivity index (χ0v) is 11.5. The third-order valence-corrected chi connectivity index (χ3v) is 3.84. The Balaban J connectivity index is 2.50. The first-order valence-electron chi connectivity index (χ1n) is 5.83.